The summed E-state index contributed by atoms with van der Waals surface area (Å²) in [6, 6.07) is 9.39. The van der Waals surface area contributed by atoms with Crippen LogP contribution in [0.2, 0.25) is 0 Å². The predicted octanol–water partition coefficient (Wildman–Crippen LogP) is 4.33. The molecule has 0 amide bonds. The van der Waals surface area contributed by atoms with E-state index >= 15 is 0 Å². The molecule has 3 fully saturated rings. The maximum absolute atomic E-state index is 13.1. The third-order valence-corrected chi connectivity index (χ3v) is 10.5. The van der Waals surface area contributed by atoms with Crippen molar-refractivity contribution in [2.75, 3.05) is 6.61 Å². The summed E-state index contributed by atoms with van der Waals surface area (Å²) in [6.07, 6.45) is -0.391. The normalized spacial score (nSPS) is 36.8. The highest BCUT2D eigenvalue weighted by Crippen LogP contribution is 2.65. The molecule has 10 nitrogen and oxygen atoms in total. The number of carbonyl (C=O) groups is 4. The number of hydrogen-bond acceptors (Lipinski definition) is 10. The van der Waals surface area contributed by atoms with E-state index in [0.717, 1.165) is 5.56 Å². The van der Waals surface area contributed by atoms with Crippen LogP contribution in [0.25, 0.3) is 6.08 Å². The topological polar surface area (TPSA) is 138 Å². The van der Waals surface area contributed by atoms with Gasteiger partial charge in [0.2, 0.25) is 0 Å². The van der Waals surface area contributed by atoms with Crippen molar-refractivity contribution in [1.82, 2.24) is 0 Å². The van der Waals surface area contributed by atoms with Gasteiger partial charge in [-0.05, 0) is 54.4 Å². The van der Waals surface area contributed by atoms with Crippen LogP contribution < -0.4 is 0 Å². The van der Waals surface area contributed by atoms with Gasteiger partial charge in [0.1, 0.15) is 30.0 Å². The molecule has 1 spiro atoms. The second-order valence-corrected chi connectivity index (χ2v) is 13.7. The number of esters is 4. The Kier molecular flexibility index (Phi) is 8.78. The highest BCUT2D eigenvalue weighted by molar-refractivity contribution is 5.87. The number of hydrogen-bond donors (Lipinski definition) is 1. The molecule has 1 saturated heterocycles. The first-order valence-electron chi connectivity index (χ1n) is 15.6. The third kappa shape index (κ3) is 5.94. The van der Waals surface area contributed by atoms with Crippen molar-refractivity contribution >= 4 is 30.0 Å². The van der Waals surface area contributed by atoms with E-state index < -0.39 is 82.7 Å². The van der Waals surface area contributed by atoms with E-state index in [1.165, 1.54) is 26.8 Å². The summed E-state index contributed by atoms with van der Waals surface area (Å²) in [5.41, 5.74) is -0.638. The smallest absolute Gasteiger partial charge is 0.331 e. The number of aliphatic hydroxyl groups excluding tert-OH is 1. The van der Waals surface area contributed by atoms with E-state index in [0.29, 0.717) is 30.4 Å². The standard InChI is InChI=1S/C35H44O10/c1-19-25(42-20(2)36)17-24-29(43-21(3)37)31-34(7,32(40)30(44-22(4)38)28(19)33(24,5)6)16-15-26(35(31)18-41-35)45-27(39)14-13-23-11-9-8-10-12-23/h8-14,24-26,29-32,40H,15-18H2,1-7H3/b14-13-/t24-,25-,26-,29+,30+,31-,32-,34+,35+/m0/s1. The van der Waals surface area contributed by atoms with Gasteiger partial charge in [0, 0.05) is 44.1 Å². The van der Waals surface area contributed by atoms with Crippen molar-refractivity contribution in [3.05, 3.63) is 53.1 Å². The lowest BCUT2D eigenvalue weighted by molar-refractivity contribution is -0.222. The number of carbonyl (C=O) groups excluding carboxylic acids is 4. The number of epoxide rings is 1. The zero-order valence-electron chi connectivity index (χ0n) is 27.0. The molecule has 45 heavy (non-hydrogen) atoms. The van der Waals surface area contributed by atoms with Gasteiger partial charge < -0.3 is 28.8 Å². The van der Waals surface area contributed by atoms with Crippen molar-refractivity contribution in [3.63, 3.8) is 0 Å². The highest BCUT2D eigenvalue weighted by Gasteiger charge is 2.74. The predicted molar refractivity (Wildman–Crippen MR) is 162 cm³/mol. The Morgan fingerprint density at radius 1 is 0.933 bits per heavy atom. The SMILES string of the molecule is CC(=O)O[C@@H]1[C@@H]2C[C@H](OC(C)=O)C(C)=C([C@@H](OC(C)=O)[C@H](O)[C@]3(C)CC[C@H](OC(=O)/C=C\c4ccccc4)[C@]4(CO4)[C@@H]13)C2(C)C. The number of fused-ring (bicyclic) bond motifs is 4. The molecule has 5 rings (SSSR count). The largest absolute Gasteiger partial charge is 0.462 e. The Morgan fingerprint density at radius 2 is 1.56 bits per heavy atom. The summed E-state index contributed by atoms with van der Waals surface area (Å²) in [5, 5.41) is 12.4. The van der Waals surface area contributed by atoms with Crippen LogP contribution in [0.5, 0.6) is 0 Å². The first kappa shape index (κ1) is 32.9. The van der Waals surface area contributed by atoms with Gasteiger partial charge in [0.05, 0.1) is 6.61 Å². The molecule has 2 bridgehead atoms. The van der Waals surface area contributed by atoms with Gasteiger partial charge in [-0.25, -0.2) is 4.79 Å². The molecule has 4 aliphatic rings. The molecule has 244 valence electrons. The van der Waals surface area contributed by atoms with Crippen LogP contribution in [0, 0.1) is 22.7 Å². The molecule has 9 atom stereocenters. The minimum atomic E-state index is -1.25. The van der Waals surface area contributed by atoms with Crippen molar-refractivity contribution in [2.45, 2.75) is 104 Å². The molecule has 1 aromatic rings. The molecule has 0 radical (unpaired) electrons. The lowest BCUT2D eigenvalue weighted by Gasteiger charge is -2.60. The first-order chi connectivity index (χ1) is 21.1. The van der Waals surface area contributed by atoms with Crippen LogP contribution >= 0.6 is 0 Å². The van der Waals surface area contributed by atoms with Gasteiger partial charge in [-0.1, -0.05) is 51.1 Å². The zero-order valence-corrected chi connectivity index (χ0v) is 27.0. The number of benzene rings is 1. The van der Waals surface area contributed by atoms with Gasteiger partial charge in [-0.2, -0.15) is 0 Å². The number of ether oxygens (including phenoxy) is 5. The lowest BCUT2D eigenvalue weighted by atomic mass is 9.48. The second kappa shape index (κ2) is 12.0. The second-order valence-electron chi connectivity index (χ2n) is 13.7. The van der Waals surface area contributed by atoms with Crippen LogP contribution in [0.3, 0.4) is 0 Å². The minimum Gasteiger partial charge on any atom is -0.462 e. The number of aliphatic hydroxyl groups is 1. The lowest BCUT2D eigenvalue weighted by Crippen LogP contribution is -2.68. The quantitative estimate of drug-likeness (QED) is 0.160. The van der Waals surface area contributed by atoms with E-state index in [1.54, 1.807) is 6.08 Å². The van der Waals surface area contributed by atoms with Crippen molar-refractivity contribution < 1.29 is 48.0 Å². The van der Waals surface area contributed by atoms with Gasteiger partial charge in [-0.3, -0.25) is 14.4 Å². The van der Waals surface area contributed by atoms with Crippen LogP contribution in [-0.4, -0.2) is 71.7 Å². The van der Waals surface area contributed by atoms with E-state index in [4.69, 9.17) is 23.7 Å². The summed E-state index contributed by atoms with van der Waals surface area (Å²) in [4.78, 5) is 50.7. The molecule has 10 heteroatoms. The summed E-state index contributed by atoms with van der Waals surface area (Å²) in [6.45, 7) is 11.9. The van der Waals surface area contributed by atoms with E-state index in [-0.39, 0.29) is 6.61 Å². The Balaban J connectivity index is 1.62. The molecule has 1 N–H and O–H groups in total. The molecule has 1 aliphatic heterocycles. The summed E-state index contributed by atoms with van der Waals surface area (Å²) in [5.74, 6) is -3.19. The Bertz CT molecular complexity index is 1410. The fourth-order valence-corrected chi connectivity index (χ4v) is 8.54. The van der Waals surface area contributed by atoms with Gasteiger partial charge >= 0.3 is 23.9 Å². The van der Waals surface area contributed by atoms with Gasteiger partial charge in [-0.15, -0.1) is 0 Å². The zero-order chi connectivity index (χ0) is 32.9. The van der Waals surface area contributed by atoms with Crippen LogP contribution in [0.4, 0.5) is 0 Å². The highest BCUT2D eigenvalue weighted by atomic mass is 16.6. The van der Waals surface area contributed by atoms with Crippen LogP contribution in [-0.2, 0) is 42.9 Å². The molecular formula is C35H44O10. The van der Waals surface area contributed by atoms with Crippen molar-refractivity contribution in [3.8, 4) is 0 Å². The number of rotatable bonds is 6. The summed E-state index contributed by atoms with van der Waals surface area (Å²) < 4.78 is 30.2. The fraction of sp³-hybridized carbons (Fsp3) is 0.600. The van der Waals surface area contributed by atoms with Crippen molar-refractivity contribution in [2.24, 2.45) is 22.7 Å². The summed E-state index contributed by atoms with van der Waals surface area (Å²) >= 11 is 0. The van der Waals surface area contributed by atoms with E-state index in [1.807, 2.05) is 58.0 Å². The van der Waals surface area contributed by atoms with Crippen LogP contribution in [0.1, 0.15) is 73.3 Å². The minimum absolute atomic E-state index is 0.221. The molecule has 3 aliphatic carbocycles. The summed E-state index contributed by atoms with van der Waals surface area (Å²) in [7, 11) is 0. The third-order valence-electron chi connectivity index (χ3n) is 10.5. The molecular weight excluding hydrogens is 580 g/mol. The van der Waals surface area contributed by atoms with Crippen LogP contribution in [0.15, 0.2) is 47.6 Å². The maximum Gasteiger partial charge on any atom is 0.331 e. The maximum atomic E-state index is 13.1. The molecule has 2 saturated carbocycles. The first-order valence-corrected chi connectivity index (χ1v) is 15.6. The van der Waals surface area contributed by atoms with Crippen molar-refractivity contribution in [1.29, 1.82) is 0 Å². The average molecular weight is 625 g/mol. The molecule has 0 aromatic heterocycles. The molecule has 1 aromatic carbocycles. The van der Waals surface area contributed by atoms with Gasteiger partial charge in [0.25, 0.3) is 0 Å². The van der Waals surface area contributed by atoms with E-state index in [9.17, 15) is 24.3 Å². The average Bonchev–Trinajstić information content (AvgIpc) is 3.74. The van der Waals surface area contributed by atoms with Gasteiger partial charge in [0.15, 0.2) is 6.10 Å². The molecule has 0 unspecified atom stereocenters. The Labute approximate surface area is 264 Å². The Hall–Kier alpha value is -3.50. The van der Waals surface area contributed by atoms with E-state index in [2.05, 4.69) is 0 Å². The Morgan fingerprint density at radius 3 is 2.13 bits per heavy atom. The molecule has 1 heterocycles. The fourth-order valence-electron chi connectivity index (χ4n) is 8.54. The monoisotopic (exact) mass is 624 g/mol.